The molecule has 0 aliphatic rings. The molecule has 0 aliphatic heterocycles. The molecule has 69 heavy (non-hydrogen) atoms. The molecule has 0 aliphatic carbocycles. The molecule has 0 spiro atoms. The van der Waals surface area contributed by atoms with Crippen molar-refractivity contribution < 1.29 is 49.2 Å². The highest BCUT2D eigenvalue weighted by atomic mass is 16.4. The molecule has 0 fully saturated rings. The van der Waals surface area contributed by atoms with Gasteiger partial charge in [0.15, 0.2) is 0 Å². The summed E-state index contributed by atoms with van der Waals surface area (Å²) < 4.78 is 0. The van der Waals surface area contributed by atoms with Crippen molar-refractivity contribution in [3.8, 4) is 0 Å². The Bertz CT molecular complexity index is 2440. The molecule has 4 unspecified atom stereocenters. The number of benzene rings is 4. The summed E-state index contributed by atoms with van der Waals surface area (Å²) in [6.07, 6.45) is -3.99. The molecule has 4 aromatic carbocycles. The second kappa shape index (κ2) is 22.9. The van der Waals surface area contributed by atoms with Crippen LogP contribution >= 0.6 is 0 Å². The van der Waals surface area contributed by atoms with Crippen LogP contribution in [0.1, 0.15) is 97.6 Å². The van der Waals surface area contributed by atoms with Crippen molar-refractivity contribution in [2.24, 2.45) is 5.73 Å². The lowest BCUT2D eigenvalue weighted by atomic mass is 9.96. The van der Waals surface area contributed by atoms with Gasteiger partial charge in [-0.1, -0.05) is 97.1 Å². The lowest BCUT2D eigenvalue weighted by Crippen LogP contribution is -2.67. The number of carbonyl (C=O) groups excluding carboxylic acids is 5. The largest absolute Gasteiger partial charge is 0.480 e. The third kappa shape index (κ3) is 15.6. The predicted octanol–water partition coefficient (Wildman–Crippen LogP) is 1.78. The quantitative estimate of drug-likeness (QED) is 0.0473. The van der Waals surface area contributed by atoms with E-state index in [1.54, 1.807) is 36.4 Å². The number of rotatable bonds is 23. The van der Waals surface area contributed by atoms with E-state index in [0.717, 1.165) is 16.3 Å². The highest BCUT2D eigenvalue weighted by Gasteiger charge is 2.40. The minimum atomic E-state index is -1.61. The number of carboxylic acids is 1. The van der Waals surface area contributed by atoms with Crippen LogP contribution in [0, 0.1) is 0 Å². The fourth-order valence-electron chi connectivity index (χ4n) is 7.06. The molecule has 18 nitrogen and oxygen atoms in total. The van der Waals surface area contributed by atoms with E-state index in [-0.39, 0.29) is 12.8 Å². The van der Waals surface area contributed by atoms with Gasteiger partial charge in [0.05, 0.1) is 28.7 Å². The van der Waals surface area contributed by atoms with Gasteiger partial charge in [-0.2, -0.15) is 0 Å². The molecule has 0 radical (unpaired) electrons. The summed E-state index contributed by atoms with van der Waals surface area (Å²) in [5, 5.41) is 64.2. The van der Waals surface area contributed by atoms with Gasteiger partial charge < -0.3 is 52.7 Å². The summed E-state index contributed by atoms with van der Waals surface area (Å²) in [5.74, 6) is -4.63. The van der Waals surface area contributed by atoms with Gasteiger partial charge in [-0.05, 0) is 109 Å². The standard InChI is InChI=1S/C51H70N8O10/c1-29(53-45(67)49(5,6)59-42(63)38(55-44(66)48(3,4)52)28-32-22-23-33-16-14-15-19-36(33)26-32)40(61)57-51(9,10)47(69)56-37(41(62)58-50(7,8)46(68)54-30(2)43(64)65)27-31-20-24-35(25-21-31)39(60)34-17-12-11-13-18-34/h11-26,29-30,37-39,45,47,53,56,60,67,69H,27-28,52H2,1-10H3,(H,54,68)(H,55,66)(H,57,61)(H,58,62)(H,59,63)(H,64,65)/t29?,30?,37?,38?,39-,45-,47-/m1/s1. The number of aliphatic carboxylic acids is 1. The van der Waals surface area contributed by atoms with Crippen molar-refractivity contribution in [3.05, 3.63) is 119 Å². The maximum Gasteiger partial charge on any atom is 0.325 e. The van der Waals surface area contributed by atoms with E-state index in [1.165, 1.54) is 69.2 Å². The minimum Gasteiger partial charge on any atom is -0.480 e. The zero-order valence-electron chi connectivity index (χ0n) is 41.0. The number of nitrogens with one attached hydrogen (secondary N) is 7. The molecule has 0 saturated heterocycles. The molecule has 13 N–H and O–H groups in total. The van der Waals surface area contributed by atoms with Crippen molar-refractivity contribution in [2.45, 2.75) is 147 Å². The number of carbonyl (C=O) groups is 6. The van der Waals surface area contributed by atoms with E-state index in [1.807, 2.05) is 60.7 Å². The fraction of sp³-hybridized carbons (Fsp3) is 0.451. The number of hydrogen-bond acceptors (Lipinski definition) is 12. The monoisotopic (exact) mass is 955 g/mol. The molecule has 18 heteroatoms. The number of aliphatic hydroxyl groups excluding tert-OH is 3. The van der Waals surface area contributed by atoms with E-state index in [4.69, 9.17) is 5.73 Å². The summed E-state index contributed by atoms with van der Waals surface area (Å²) >= 11 is 0. The summed E-state index contributed by atoms with van der Waals surface area (Å²) in [6.45, 7) is 14.6. The molecule has 5 amide bonds. The van der Waals surface area contributed by atoms with Crippen LogP contribution in [0.3, 0.4) is 0 Å². The van der Waals surface area contributed by atoms with Gasteiger partial charge in [0.25, 0.3) is 0 Å². The topological polar surface area (TPSA) is 294 Å². The van der Waals surface area contributed by atoms with Gasteiger partial charge in [-0.15, -0.1) is 0 Å². The fourth-order valence-corrected chi connectivity index (χ4v) is 7.06. The normalized spacial score (nSPS) is 15.3. The third-order valence-corrected chi connectivity index (χ3v) is 11.8. The smallest absolute Gasteiger partial charge is 0.325 e. The van der Waals surface area contributed by atoms with Crippen molar-refractivity contribution in [1.82, 2.24) is 37.2 Å². The lowest BCUT2D eigenvalue weighted by molar-refractivity contribution is -0.142. The van der Waals surface area contributed by atoms with Crippen molar-refractivity contribution in [3.63, 3.8) is 0 Å². The highest BCUT2D eigenvalue weighted by Crippen LogP contribution is 2.23. The first-order valence-corrected chi connectivity index (χ1v) is 22.8. The Kier molecular flexibility index (Phi) is 18.3. The molecular weight excluding hydrogens is 885 g/mol. The van der Waals surface area contributed by atoms with Crippen LogP contribution in [-0.4, -0.2) is 115 Å². The highest BCUT2D eigenvalue weighted by molar-refractivity contribution is 5.95. The van der Waals surface area contributed by atoms with Crippen LogP contribution < -0.4 is 43.0 Å². The predicted molar refractivity (Wildman–Crippen MR) is 262 cm³/mol. The minimum absolute atomic E-state index is 0.0421. The van der Waals surface area contributed by atoms with E-state index in [0.29, 0.717) is 16.7 Å². The van der Waals surface area contributed by atoms with Crippen LogP contribution in [0.5, 0.6) is 0 Å². The van der Waals surface area contributed by atoms with Gasteiger partial charge in [0.2, 0.25) is 29.5 Å². The summed E-state index contributed by atoms with van der Waals surface area (Å²) in [4.78, 5) is 79.2. The molecule has 7 atom stereocenters. The zero-order chi connectivity index (χ0) is 51.6. The van der Waals surface area contributed by atoms with Gasteiger partial charge in [0, 0.05) is 6.42 Å². The van der Waals surface area contributed by atoms with Crippen LogP contribution in [0.4, 0.5) is 0 Å². The molecule has 0 saturated carbocycles. The molecule has 0 bridgehead atoms. The van der Waals surface area contributed by atoms with Crippen molar-refractivity contribution >= 4 is 46.3 Å². The van der Waals surface area contributed by atoms with Gasteiger partial charge in [-0.3, -0.25) is 39.4 Å². The average Bonchev–Trinajstić information content (AvgIpc) is 3.27. The second-order valence-electron chi connectivity index (χ2n) is 19.9. The Labute approximate surface area is 403 Å². The lowest BCUT2D eigenvalue weighted by Gasteiger charge is -2.38. The zero-order valence-corrected chi connectivity index (χ0v) is 41.0. The van der Waals surface area contributed by atoms with Gasteiger partial charge >= 0.3 is 5.97 Å². The Morgan fingerprint density at radius 3 is 1.61 bits per heavy atom. The van der Waals surface area contributed by atoms with Crippen LogP contribution in [0.15, 0.2) is 97.1 Å². The Hall–Kier alpha value is -6.28. The molecule has 0 heterocycles. The summed E-state index contributed by atoms with van der Waals surface area (Å²) in [5.41, 5.74) is 2.89. The first-order valence-electron chi connectivity index (χ1n) is 22.8. The van der Waals surface area contributed by atoms with E-state index in [2.05, 4.69) is 37.2 Å². The van der Waals surface area contributed by atoms with Crippen LogP contribution in [0.2, 0.25) is 0 Å². The Morgan fingerprint density at radius 2 is 1.03 bits per heavy atom. The molecule has 4 rings (SSSR count). The van der Waals surface area contributed by atoms with E-state index in [9.17, 15) is 49.2 Å². The maximum absolute atomic E-state index is 14.0. The van der Waals surface area contributed by atoms with E-state index >= 15 is 0 Å². The number of hydrogen-bond donors (Lipinski definition) is 12. The van der Waals surface area contributed by atoms with Crippen LogP contribution in [-0.2, 0) is 41.6 Å². The molecule has 4 aromatic rings. The van der Waals surface area contributed by atoms with Crippen LogP contribution in [0.25, 0.3) is 10.8 Å². The molecule has 0 aromatic heterocycles. The average molecular weight is 955 g/mol. The number of nitrogens with two attached hydrogens (primary N) is 1. The SMILES string of the molecule is CC(NC(=O)C(C)(C)NC(=O)C(Cc1ccc([C@H](O)c2ccccc2)cc1)N[C@H](O)C(C)(C)NC(=O)C(C)N[C@H](O)C(C)(C)NC(=O)C(Cc1ccc2ccccc2c1)NC(=O)C(C)(C)N)C(=O)O. The van der Waals surface area contributed by atoms with Gasteiger partial charge in [-0.25, -0.2) is 0 Å². The van der Waals surface area contributed by atoms with E-state index < -0.39 is 100 Å². The summed E-state index contributed by atoms with van der Waals surface area (Å²) in [7, 11) is 0. The Morgan fingerprint density at radius 1 is 0.536 bits per heavy atom. The number of carboxylic acid groups (broad SMARTS) is 1. The van der Waals surface area contributed by atoms with Crippen molar-refractivity contribution in [1.29, 1.82) is 0 Å². The molecular formula is C51H70N8O10. The first kappa shape index (κ1) is 55.3. The Balaban J connectivity index is 1.47. The number of amides is 5. The third-order valence-electron chi connectivity index (χ3n) is 11.8. The second-order valence-corrected chi connectivity index (χ2v) is 19.9. The number of fused-ring (bicyclic) bond motifs is 1. The maximum atomic E-state index is 14.0. The first-order chi connectivity index (χ1) is 32.0. The number of aliphatic hydroxyl groups is 3. The van der Waals surface area contributed by atoms with Gasteiger partial charge in [0.1, 0.15) is 36.2 Å². The molecule has 374 valence electrons. The van der Waals surface area contributed by atoms with Crippen molar-refractivity contribution in [2.75, 3.05) is 0 Å². The summed E-state index contributed by atoms with van der Waals surface area (Å²) in [6, 6.07) is 24.6.